The van der Waals surface area contributed by atoms with Gasteiger partial charge in [-0.05, 0) is 43.3 Å². The van der Waals surface area contributed by atoms with Gasteiger partial charge in [0, 0.05) is 5.56 Å². The molecule has 2 aromatic rings. The summed E-state index contributed by atoms with van der Waals surface area (Å²) in [6.45, 7) is 1.84. The first-order valence-corrected chi connectivity index (χ1v) is 5.73. The van der Waals surface area contributed by atoms with E-state index in [4.69, 9.17) is 9.15 Å². The number of amides is 1. The lowest BCUT2D eigenvalue weighted by atomic mass is 10.2. The van der Waals surface area contributed by atoms with Gasteiger partial charge in [0.15, 0.2) is 0 Å². The molecule has 0 atom stereocenters. The minimum Gasteiger partial charge on any atom is -0.497 e. The molecule has 1 amide bonds. The average Bonchev–Trinajstić information content (AvgIpc) is 2.84. The minimum absolute atomic E-state index is 0.290. The van der Waals surface area contributed by atoms with Gasteiger partial charge in [-0.1, -0.05) is 0 Å². The van der Waals surface area contributed by atoms with Gasteiger partial charge >= 0.3 is 0 Å². The van der Waals surface area contributed by atoms with Gasteiger partial charge in [0.1, 0.15) is 17.3 Å². The van der Waals surface area contributed by atoms with Crippen LogP contribution in [0.4, 0.5) is 0 Å². The summed E-state index contributed by atoms with van der Waals surface area (Å²) in [6, 6.07) is 10.4. The van der Waals surface area contributed by atoms with Crippen molar-refractivity contribution in [2.45, 2.75) is 6.92 Å². The van der Waals surface area contributed by atoms with Crippen LogP contribution in [0.15, 0.2) is 45.9 Å². The summed E-state index contributed by atoms with van der Waals surface area (Å²) < 4.78 is 10.3. The molecular weight excluding hydrogens is 244 g/mol. The Kier molecular flexibility index (Phi) is 3.97. The van der Waals surface area contributed by atoms with Crippen molar-refractivity contribution >= 4 is 12.1 Å². The van der Waals surface area contributed by atoms with Crippen LogP contribution in [0.1, 0.15) is 21.9 Å². The van der Waals surface area contributed by atoms with E-state index < -0.39 is 0 Å². The molecule has 1 heterocycles. The number of furan rings is 1. The van der Waals surface area contributed by atoms with E-state index in [-0.39, 0.29) is 5.91 Å². The third-order valence-electron chi connectivity index (χ3n) is 2.47. The smallest absolute Gasteiger partial charge is 0.271 e. The van der Waals surface area contributed by atoms with Crippen molar-refractivity contribution in [2.75, 3.05) is 7.11 Å². The fraction of sp³-hybridized carbons (Fsp3) is 0.143. The van der Waals surface area contributed by atoms with E-state index in [0.717, 1.165) is 5.76 Å². The Morgan fingerprint density at radius 2 is 2.00 bits per heavy atom. The third kappa shape index (κ3) is 3.45. The maximum Gasteiger partial charge on any atom is 0.271 e. The molecule has 0 radical (unpaired) electrons. The number of hydrogen-bond acceptors (Lipinski definition) is 4. The molecule has 0 fully saturated rings. The largest absolute Gasteiger partial charge is 0.497 e. The van der Waals surface area contributed by atoms with Crippen molar-refractivity contribution in [2.24, 2.45) is 5.10 Å². The van der Waals surface area contributed by atoms with E-state index in [1.807, 2.05) is 13.0 Å². The first-order valence-electron chi connectivity index (χ1n) is 5.73. The van der Waals surface area contributed by atoms with Crippen LogP contribution in [-0.4, -0.2) is 19.2 Å². The van der Waals surface area contributed by atoms with Crippen LogP contribution < -0.4 is 10.2 Å². The fourth-order valence-electron chi connectivity index (χ4n) is 1.48. The van der Waals surface area contributed by atoms with Gasteiger partial charge in [-0.15, -0.1) is 0 Å². The Morgan fingerprint density at radius 1 is 1.26 bits per heavy atom. The van der Waals surface area contributed by atoms with Crippen LogP contribution in [-0.2, 0) is 0 Å². The average molecular weight is 258 g/mol. The zero-order chi connectivity index (χ0) is 13.7. The summed E-state index contributed by atoms with van der Waals surface area (Å²) in [7, 11) is 1.57. The minimum atomic E-state index is -0.290. The van der Waals surface area contributed by atoms with Gasteiger partial charge in [0.2, 0.25) is 0 Å². The first-order chi connectivity index (χ1) is 9.19. The van der Waals surface area contributed by atoms with E-state index >= 15 is 0 Å². The van der Waals surface area contributed by atoms with E-state index in [9.17, 15) is 4.79 Å². The lowest BCUT2D eigenvalue weighted by molar-refractivity contribution is 0.0955. The molecular formula is C14H14N2O3. The zero-order valence-electron chi connectivity index (χ0n) is 10.7. The molecule has 0 unspecified atom stereocenters. The van der Waals surface area contributed by atoms with Crippen LogP contribution >= 0.6 is 0 Å². The number of hydrogen-bond donors (Lipinski definition) is 1. The Labute approximate surface area is 110 Å². The van der Waals surface area contributed by atoms with Gasteiger partial charge in [-0.2, -0.15) is 5.10 Å². The van der Waals surface area contributed by atoms with E-state index in [0.29, 0.717) is 17.1 Å². The normalized spacial score (nSPS) is 10.6. The molecule has 19 heavy (non-hydrogen) atoms. The summed E-state index contributed by atoms with van der Waals surface area (Å²) >= 11 is 0. The molecule has 0 aliphatic carbocycles. The second-order valence-corrected chi connectivity index (χ2v) is 3.88. The summed E-state index contributed by atoms with van der Waals surface area (Å²) in [5, 5.41) is 3.82. The molecule has 0 bridgehead atoms. The first kappa shape index (κ1) is 12.9. The lowest BCUT2D eigenvalue weighted by Crippen LogP contribution is -2.17. The number of carbonyl (C=O) groups is 1. The molecule has 98 valence electrons. The highest BCUT2D eigenvalue weighted by atomic mass is 16.5. The van der Waals surface area contributed by atoms with E-state index in [1.54, 1.807) is 37.4 Å². The second-order valence-electron chi connectivity index (χ2n) is 3.88. The Hall–Kier alpha value is -2.56. The molecule has 0 aliphatic heterocycles. The highest BCUT2D eigenvalue weighted by molar-refractivity contribution is 5.94. The maximum absolute atomic E-state index is 11.7. The standard InChI is InChI=1S/C14H14N2O3/c1-10-3-6-13(19-10)9-15-16-14(17)11-4-7-12(18-2)8-5-11/h3-9H,1-2H3,(H,16,17)/b15-9-. The van der Waals surface area contributed by atoms with Crippen molar-refractivity contribution in [1.29, 1.82) is 0 Å². The molecule has 5 nitrogen and oxygen atoms in total. The van der Waals surface area contributed by atoms with Crippen LogP contribution in [0.5, 0.6) is 5.75 Å². The fourth-order valence-corrected chi connectivity index (χ4v) is 1.48. The van der Waals surface area contributed by atoms with Gasteiger partial charge in [0.25, 0.3) is 5.91 Å². The third-order valence-corrected chi connectivity index (χ3v) is 2.47. The maximum atomic E-state index is 11.7. The molecule has 5 heteroatoms. The predicted octanol–water partition coefficient (Wildman–Crippen LogP) is 2.36. The van der Waals surface area contributed by atoms with Crippen LogP contribution in [0, 0.1) is 6.92 Å². The topological polar surface area (TPSA) is 63.8 Å². The van der Waals surface area contributed by atoms with E-state index in [2.05, 4.69) is 10.5 Å². The van der Waals surface area contributed by atoms with Crippen molar-refractivity contribution in [1.82, 2.24) is 5.43 Å². The van der Waals surface area contributed by atoms with Crippen molar-refractivity contribution in [3.63, 3.8) is 0 Å². The Bertz CT molecular complexity index is 585. The predicted molar refractivity (Wildman–Crippen MR) is 71.5 cm³/mol. The number of hydrazone groups is 1. The quantitative estimate of drug-likeness (QED) is 0.676. The highest BCUT2D eigenvalue weighted by Gasteiger charge is 2.03. The zero-order valence-corrected chi connectivity index (χ0v) is 10.7. The SMILES string of the molecule is COc1ccc(C(=O)N/N=C\c2ccc(C)o2)cc1. The molecule has 1 aromatic heterocycles. The highest BCUT2D eigenvalue weighted by Crippen LogP contribution is 2.11. The lowest BCUT2D eigenvalue weighted by Gasteiger charge is -2.01. The number of methoxy groups -OCH3 is 1. The Balaban J connectivity index is 1.95. The van der Waals surface area contributed by atoms with Gasteiger partial charge in [-0.25, -0.2) is 5.43 Å². The summed E-state index contributed by atoms with van der Waals surface area (Å²) in [4.78, 5) is 11.7. The van der Waals surface area contributed by atoms with Gasteiger partial charge in [-0.3, -0.25) is 4.79 Å². The van der Waals surface area contributed by atoms with Crippen molar-refractivity contribution < 1.29 is 13.9 Å². The number of rotatable bonds is 4. The molecule has 0 spiro atoms. The number of benzene rings is 1. The monoisotopic (exact) mass is 258 g/mol. The summed E-state index contributed by atoms with van der Waals surface area (Å²) in [6.07, 6.45) is 1.45. The molecule has 1 N–H and O–H groups in total. The van der Waals surface area contributed by atoms with Crippen molar-refractivity contribution in [3.8, 4) is 5.75 Å². The van der Waals surface area contributed by atoms with Crippen LogP contribution in [0.25, 0.3) is 0 Å². The molecule has 0 saturated carbocycles. The second kappa shape index (κ2) is 5.86. The van der Waals surface area contributed by atoms with Crippen LogP contribution in [0.2, 0.25) is 0 Å². The molecule has 0 aliphatic rings. The van der Waals surface area contributed by atoms with Gasteiger partial charge < -0.3 is 9.15 Å². The van der Waals surface area contributed by atoms with Gasteiger partial charge in [0.05, 0.1) is 13.3 Å². The van der Waals surface area contributed by atoms with E-state index in [1.165, 1.54) is 6.21 Å². The van der Waals surface area contributed by atoms with Crippen molar-refractivity contribution in [3.05, 3.63) is 53.5 Å². The van der Waals surface area contributed by atoms with Crippen LogP contribution in [0.3, 0.4) is 0 Å². The molecule has 0 saturated heterocycles. The summed E-state index contributed by atoms with van der Waals surface area (Å²) in [5.41, 5.74) is 2.93. The Morgan fingerprint density at radius 3 is 2.58 bits per heavy atom. The number of nitrogens with zero attached hydrogens (tertiary/aromatic N) is 1. The molecule has 1 aromatic carbocycles. The number of ether oxygens (including phenoxy) is 1. The molecule has 2 rings (SSSR count). The number of carbonyl (C=O) groups excluding carboxylic acids is 1. The number of nitrogens with one attached hydrogen (secondary N) is 1. The number of aryl methyl sites for hydroxylation is 1. The summed E-state index contributed by atoms with van der Waals surface area (Å²) in [5.74, 6) is 1.80.